The van der Waals surface area contributed by atoms with E-state index in [0.717, 1.165) is 11.3 Å². The molecule has 1 aliphatic rings. The standard InChI is InChI=1S/C15H15FN4O/c16-11-8-20(9-11)15(21)19-14-7-10(4-5-12(14)17)13-3-1-2-6-18-13/h1-7,11H,8-9,17H2,(H,19,21). The summed E-state index contributed by atoms with van der Waals surface area (Å²) in [6.07, 6.45) is 0.777. The van der Waals surface area contributed by atoms with Gasteiger partial charge in [-0.05, 0) is 24.3 Å². The number of nitrogens with zero attached hydrogens (tertiary/aromatic N) is 2. The van der Waals surface area contributed by atoms with Crippen LogP contribution < -0.4 is 11.1 Å². The van der Waals surface area contributed by atoms with Crippen LogP contribution in [0.15, 0.2) is 42.6 Å². The molecule has 3 N–H and O–H groups in total. The van der Waals surface area contributed by atoms with E-state index >= 15 is 0 Å². The van der Waals surface area contributed by atoms with Gasteiger partial charge in [-0.15, -0.1) is 0 Å². The van der Waals surface area contributed by atoms with Gasteiger partial charge in [-0.3, -0.25) is 4.98 Å². The van der Waals surface area contributed by atoms with E-state index in [1.807, 2.05) is 24.3 Å². The van der Waals surface area contributed by atoms with Crippen molar-refractivity contribution in [3.8, 4) is 11.3 Å². The molecule has 0 saturated carbocycles. The topological polar surface area (TPSA) is 71.2 Å². The molecule has 1 aliphatic heterocycles. The smallest absolute Gasteiger partial charge is 0.322 e. The minimum atomic E-state index is -0.923. The van der Waals surface area contributed by atoms with Gasteiger partial charge in [0.05, 0.1) is 30.2 Å². The highest BCUT2D eigenvalue weighted by Gasteiger charge is 2.30. The summed E-state index contributed by atoms with van der Waals surface area (Å²) in [7, 11) is 0. The molecule has 21 heavy (non-hydrogen) atoms. The van der Waals surface area contributed by atoms with E-state index < -0.39 is 6.17 Å². The second kappa shape index (κ2) is 5.40. The summed E-state index contributed by atoms with van der Waals surface area (Å²) in [4.78, 5) is 17.6. The molecule has 1 saturated heterocycles. The quantitative estimate of drug-likeness (QED) is 0.833. The molecule has 0 radical (unpaired) electrons. The number of nitrogens with one attached hydrogen (secondary N) is 1. The number of anilines is 2. The van der Waals surface area contributed by atoms with Crippen LogP contribution >= 0.6 is 0 Å². The van der Waals surface area contributed by atoms with Crippen LogP contribution in [0.2, 0.25) is 0 Å². The fraction of sp³-hybridized carbons (Fsp3) is 0.200. The highest BCUT2D eigenvalue weighted by molar-refractivity contribution is 5.94. The van der Waals surface area contributed by atoms with Crippen molar-refractivity contribution in [1.29, 1.82) is 0 Å². The molecule has 1 aromatic carbocycles. The second-order valence-corrected chi connectivity index (χ2v) is 4.95. The Kier molecular flexibility index (Phi) is 3.43. The molecular weight excluding hydrogens is 271 g/mol. The van der Waals surface area contributed by atoms with Crippen LogP contribution in [0, 0.1) is 0 Å². The fourth-order valence-corrected chi connectivity index (χ4v) is 2.14. The van der Waals surface area contributed by atoms with Gasteiger partial charge in [-0.2, -0.15) is 0 Å². The van der Waals surface area contributed by atoms with E-state index in [1.54, 1.807) is 18.3 Å². The van der Waals surface area contributed by atoms with Gasteiger partial charge in [0.25, 0.3) is 0 Å². The molecule has 5 nitrogen and oxygen atoms in total. The number of nitrogens with two attached hydrogens (primary N) is 1. The first-order valence-corrected chi connectivity index (χ1v) is 6.64. The van der Waals surface area contributed by atoms with Crippen LogP contribution in [0.4, 0.5) is 20.6 Å². The molecule has 0 aliphatic carbocycles. The average molecular weight is 286 g/mol. The van der Waals surface area contributed by atoms with Gasteiger partial charge in [-0.25, -0.2) is 9.18 Å². The van der Waals surface area contributed by atoms with Crippen molar-refractivity contribution in [2.24, 2.45) is 0 Å². The van der Waals surface area contributed by atoms with Crippen LogP contribution in [-0.2, 0) is 0 Å². The Hall–Kier alpha value is -2.63. The van der Waals surface area contributed by atoms with E-state index in [-0.39, 0.29) is 19.1 Å². The van der Waals surface area contributed by atoms with E-state index in [1.165, 1.54) is 4.90 Å². The zero-order chi connectivity index (χ0) is 14.8. The number of amides is 2. The van der Waals surface area contributed by atoms with Crippen molar-refractivity contribution in [2.45, 2.75) is 6.17 Å². The molecular formula is C15H15FN4O. The summed E-state index contributed by atoms with van der Waals surface area (Å²) >= 11 is 0. The zero-order valence-corrected chi connectivity index (χ0v) is 11.3. The number of halogens is 1. The van der Waals surface area contributed by atoms with E-state index in [0.29, 0.717) is 11.4 Å². The molecule has 1 fully saturated rings. The zero-order valence-electron chi connectivity index (χ0n) is 11.3. The minimum absolute atomic E-state index is 0.131. The molecule has 2 amide bonds. The van der Waals surface area contributed by atoms with Gasteiger partial charge in [0, 0.05) is 11.8 Å². The average Bonchev–Trinajstić information content (AvgIpc) is 2.47. The third kappa shape index (κ3) is 2.79. The molecule has 1 aromatic heterocycles. The van der Waals surface area contributed by atoms with Gasteiger partial charge in [-0.1, -0.05) is 12.1 Å². The van der Waals surface area contributed by atoms with E-state index in [2.05, 4.69) is 10.3 Å². The third-order valence-electron chi connectivity index (χ3n) is 3.38. The molecule has 0 spiro atoms. The van der Waals surface area contributed by atoms with Crippen molar-refractivity contribution in [2.75, 3.05) is 24.1 Å². The molecule has 2 heterocycles. The summed E-state index contributed by atoms with van der Waals surface area (Å²) in [5.41, 5.74) is 8.48. The van der Waals surface area contributed by atoms with Crippen molar-refractivity contribution in [1.82, 2.24) is 9.88 Å². The van der Waals surface area contributed by atoms with Crippen LogP contribution in [0.1, 0.15) is 0 Å². The number of rotatable bonds is 2. The lowest BCUT2D eigenvalue weighted by Crippen LogP contribution is -2.53. The lowest BCUT2D eigenvalue weighted by molar-refractivity contribution is 0.0974. The molecule has 108 valence electrons. The van der Waals surface area contributed by atoms with Gasteiger partial charge in [0.15, 0.2) is 0 Å². The number of alkyl halides is 1. The monoisotopic (exact) mass is 286 g/mol. The Balaban J connectivity index is 1.80. The Morgan fingerprint density at radius 2 is 2.14 bits per heavy atom. The van der Waals surface area contributed by atoms with E-state index in [9.17, 15) is 9.18 Å². The summed E-state index contributed by atoms with van der Waals surface area (Å²) in [5.74, 6) is 0. The first-order valence-electron chi connectivity index (χ1n) is 6.64. The predicted octanol–water partition coefficient (Wildman–Crippen LogP) is 2.52. The molecule has 0 atom stereocenters. The van der Waals surface area contributed by atoms with Crippen LogP contribution in [0.25, 0.3) is 11.3 Å². The summed E-state index contributed by atoms with van der Waals surface area (Å²) in [5, 5.41) is 2.71. The van der Waals surface area contributed by atoms with Gasteiger partial charge >= 0.3 is 6.03 Å². The summed E-state index contributed by atoms with van der Waals surface area (Å²) < 4.78 is 12.8. The van der Waals surface area contributed by atoms with Crippen molar-refractivity contribution < 1.29 is 9.18 Å². The lowest BCUT2D eigenvalue weighted by Gasteiger charge is -2.34. The predicted molar refractivity (Wildman–Crippen MR) is 79.6 cm³/mol. The molecule has 3 rings (SSSR count). The first-order chi connectivity index (χ1) is 10.1. The van der Waals surface area contributed by atoms with Crippen molar-refractivity contribution >= 4 is 17.4 Å². The highest BCUT2D eigenvalue weighted by Crippen LogP contribution is 2.26. The van der Waals surface area contributed by atoms with Crippen LogP contribution in [0.3, 0.4) is 0 Å². The highest BCUT2D eigenvalue weighted by atomic mass is 19.1. The summed E-state index contributed by atoms with van der Waals surface area (Å²) in [6.45, 7) is 0.261. The number of likely N-dealkylation sites (tertiary alicyclic amines) is 1. The van der Waals surface area contributed by atoms with Gasteiger partial charge < -0.3 is 16.0 Å². The normalized spacial score (nSPS) is 14.6. The van der Waals surface area contributed by atoms with Crippen LogP contribution in [0.5, 0.6) is 0 Å². The Morgan fingerprint density at radius 3 is 2.81 bits per heavy atom. The SMILES string of the molecule is Nc1ccc(-c2ccccn2)cc1NC(=O)N1CC(F)C1. The van der Waals surface area contributed by atoms with E-state index in [4.69, 9.17) is 5.73 Å². The first kappa shape index (κ1) is 13.4. The van der Waals surface area contributed by atoms with Crippen LogP contribution in [-0.4, -0.2) is 35.2 Å². The minimum Gasteiger partial charge on any atom is -0.397 e. The number of hydrogen-bond donors (Lipinski definition) is 2. The Labute approximate surface area is 121 Å². The van der Waals surface area contributed by atoms with Crippen molar-refractivity contribution in [3.05, 3.63) is 42.6 Å². The second-order valence-electron chi connectivity index (χ2n) is 4.95. The molecule has 2 aromatic rings. The lowest BCUT2D eigenvalue weighted by atomic mass is 10.1. The maximum absolute atomic E-state index is 12.8. The molecule has 6 heteroatoms. The maximum Gasteiger partial charge on any atom is 0.322 e. The summed E-state index contributed by atoms with van der Waals surface area (Å²) in [6, 6.07) is 10.6. The third-order valence-corrected chi connectivity index (χ3v) is 3.38. The Morgan fingerprint density at radius 1 is 1.33 bits per heavy atom. The largest absolute Gasteiger partial charge is 0.397 e. The number of hydrogen-bond acceptors (Lipinski definition) is 3. The Bertz CT molecular complexity index is 656. The number of carbonyl (C=O) groups excluding carboxylic acids is 1. The number of nitrogen functional groups attached to an aromatic ring is 1. The van der Waals surface area contributed by atoms with Crippen molar-refractivity contribution in [3.63, 3.8) is 0 Å². The molecule has 0 unspecified atom stereocenters. The maximum atomic E-state index is 12.8. The number of urea groups is 1. The molecule has 0 bridgehead atoms. The number of pyridine rings is 1. The van der Waals surface area contributed by atoms with Gasteiger partial charge in [0.1, 0.15) is 6.17 Å². The number of carbonyl (C=O) groups is 1. The number of benzene rings is 1. The van der Waals surface area contributed by atoms with Gasteiger partial charge in [0.2, 0.25) is 0 Å². The fourth-order valence-electron chi connectivity index (χ4n) is 2.14. The number of aromatic nitrogens is 1.